The maximum absolute atomic E-state index is 5.10. The molecule has 0 atom stereocenters. The maximum atomic E-state index is 5.10. The van der Waals surface area contributed by atoms with Gasteiger partial charge in [-0.3, -0.25) is 0 Å². The summed E-state index contributed by atoms with van der Waals surface area (Å²) in [6.45, 7) is 8.18. The largest absolute Gasteiger partial charge is 0.379 e. The van der Waals surface area contributed by atoms with E-state index in [4.69, 9.17) is 4.74 Å². The highest BCUT2D eigenvalue weighted by atomic mass is 16.5. The third-order valence-corrected chi connectivity index (χ3v) is 2.35. The van der Waals surface area contributed by atoms with Gasteiger partial charge in [0, 0.05) is 12.7 Å². The summed E-state index contributed by atoms with van der Waals surface area (Å²) in [5.74, 6) is 0. The Labute approximate surface area is 106 Å². The first-order valence-electron chi connectivity index (χ1n) is 5.97. The molecule has 1 rings (SSSR count). The van der Waals surface area contributed by atoms with Crippen molar-refractivity contribution in [3.05, 3.63) is 48.6 Å². The van der Waals surface area contributed by atoms with Gasteiger partial charge in [0.25, 0.3) is 0 Å². The van der Waals surface area contributed by atoms with E-state index in [2.05, 4.69) is 51.0 Å². The van der Waals surface area contributed by atoms with Crippen molar-refractivity contribution in [1.29, 1.82) is 0 Å². The molecule has 0 aromatic heterocycles. The molecule has 0 radical (unpaired) electrons. The quantitative estimate of drug-likeness (QED) is 0.564. The number of hydrogen-bond donors (Lipinski definition) is 0. The maximum Gasteiger partial charge on any atom is 0.104 e. The number of methoxy groups -OCH3 is 1. The van der Waals surface area contributed by atoms with E-state index in [-0.39, 0.29) is 0 Å². The molecule has 96 valence electrons. The minimum atomic E-state index is 0.819. The summed E-state index contributed by atoms with van der Waals surface area (Å²) in [4.78, 5) is 0. The van der Waals surface area contributed by atoms with Crippen LogP contribution in [-0.4, -0.2) is 38.8 Å². The summed E-state index contributed by atoms with van der Waals surface area (Å²) < 4.78 is 6.07. The second-order valence-electron chi connectivity index (χ2n) is 4.70. The molecule has 17 heavy (non-hydrogen) atoms. The third kappa shape index (κ3) is 8.66. The van der Waals surface area contributed by atoms with Crippen molar-refractivity contribution >= 4 is 0 Å². The Morgan fingerprint density at radius 3 is 2.24 bits per heavy atom. The van der Waals surface area contributed by atoms with Crippen molar-refractivity contribution < 1.29 is 9.22 Å². The zero-order valence-electron chi connectivity index (χ0n) is 11.6. The van der Waals surface area contributed by atoms with Gasteiger partial charge in [-0.25, -0.2) is 0 Å². The van der Waals surface area contributed by atoms with E-state index in [1.54, 1.807) is 13.2 Å². The smallest absolute Gasteiger partial charge is 0.104 e. The Kier molecular flexibility index (Phi) is 8.38. The van der Waals surface area contributed by atoms with Gasteiger partial charge in [0.05, 0.1) is 20.7 Å². The molecule has 1 aromatic rings. The third-order valence-electron chi connectivity index (χ3n) is 2.35. The monoisotopic (exact) mass is 236 g/mol. The van der Waals surface area contributed by atoms with E-state index in [0.29, 0.717) is 0 Å². The molecule has 1 aromatic carbocycles. The highest BCUT2D eigenvalue weighted by Gasteiger charge is 2.14. The minimum Gasteiger partial charge on any atom is -0.379 e. The van der Waals surface area contributed by atoms with Crippen molar-refractivity contribution in [1.82, 2.24) is 0 Å². The Bertz CT molecular complexity index is 293. The fourth-order valence-electron chi connectivity index (χ4n) is 1.50. The summed E-state index contributed by atoms with van der Waals surface area (Å²) >= 11 is 0. The van der Waals surface area contributed by atoms with Gasteiger partial charge in [-0.05, 0) is 6.92 Å². The first-order valence-corrected chi connectivity index (χ1v) is 5.97. The van der Waals surface area contributed by atoms with Crippen LogP contribution in [0.2, 0.25) is 0 Å². The zero-order chi connectivity index (χ0) is 13.1. The first-order chi connectivity index (χ1) is 8.05. The summed E-state index contributed by atoms with van der Waals surface area (Å²) in [5.41, 5.74) is 1.38. The van der Waals surface area contributed by atoms with Crippen LogP contribution in [0, 0.1) is 0 Å². The van der Waals surface area contributed by atoms with E-state index in [1.807, 2.05) is 6.92 Å². The van der Waals surface area contributed by atoms with Crippen molar-refractivity contribution in [3.63, 3.8) is 0 Å². The summed E-state index contributed by atoms with van der Waals surface area (Å²) in [6, 6.07) is 10.6. The van der Waals surface area contributed by atoms with Crippen molar-refractivity contribution in [2.24, 2.45) is 0 Å². The number of ether oxygens (including phenoxy) is 1. The van der Waals surface area contributed by atoms with Gasteiger partial charge in [-0.2, -0.15) is 0 Å². The standard InChI is InChI=1S/C12H20NO.C3H6/c1-13(2,9-10-14-3)11-12-7-5-4-6-8-12;1-3-2/h4-8H,9-11H2,1-3H3;3H,1H2,2H3/q+1;. The van der Waals surface area contributed by atoms with Gasteiger partial charge in [0.15, 0.2) is 0 Å². The molecule has 0 fully saturated rings. The molecule has 0 saturated carbocycles. The van der Waals surface area contributed by atoms with Crippen LogP contribution in [0.3, 0.4) is 0 Å². The molecular formula is C15H26NO+. The van der Waals surface area contributed by atoms with E-state index in [0.717, 1.165) is 24.2 Å². The van der Waals surface area contributed by atoms with Crippen LogP contribution in [0.4, 0.5) is 0 Å². The summed E-state index contributed by atoms with van der Waals surface area (Å²) in [7, 11) is 6.21. The van der Waals surface area contributed by atoms with Crippen LogP contribution in [0.1, 0.15) is 12.5 Å². The molecule has 0 aliphatic heterocycles. The zero-order valence-corrected chi connectivity index (χ0v) is 11.6. The number of likely N-dealkylation sites (N-methyl/N-ethyl adjacent to an activating group) is 1. The molecule has 0 unspecified atom stereocenters. The molecule has 0 saturated heterocycles. The number of allylic oxidation sites excluding steroid dienone is 1. The Morgan fingerprint density at radius 1 is 1.24 bits per heavy atom. The molecule has 0 N–H and O–H groups in total. The second-order valence-corrected chi connectivity index (χ2v) is 4.70. The molecule has 0 spiro atoms. The Hall–Kier alpha value is -1.12. The topological polar surface area (TPSA) is 9.23 Å². The highest BCUT2D eigenvalue weighted by molar-refractivity contribution is 5.13. The Morgan fingerprint density at radius 2 is 1.76 bits per heavy atom. The van der Waals surface area contributed by atoms with E-state index < -0.39 is 0 Å². The van der Waals surface area contributed by atoms with Crippen molar-refractivity contribution in [2.75, 3.05) is 34.4 Å². The lowest BCUT2D eigenvalue weighted by atomic mass is 10.2. The number of hydrogen-bond acceptors (Lipinski definition) is 1. The van der Waals surface area contributed by atoms with E-state index in [9.17, 15) is 0 Å². The minimum absolute atomic E-state index is 0.819. The van der Waals surface area contributed by atoms with E-state index >= 15 is 0 Å². The van der Waals surface area contributed by atoms with E-state index in [1.165, 1.54) is 5.56 Å². The molecule has 2 nitrogen and oxygen atoms in total. The van der Waals surface area contributed by atoms with Crippen LogP contribution in [0.15, 0.2) is 43.0 Å². The lowest BCUT2D eigenvalue weighted by Gasteiger charge is -2.29. The first kappa shape index (κ1) is 15.9. The number of nitrogens with zero attached hydrogens (tertiary/aromatic N) is 1. The predicted octanol–water partition coefficient (Wildman–Crippen LogP) is 3.10. The Balaban J connectivity index is 0.000000770. The lowest BCUT2D eigenvalue weighted by molar-refractivity contribution is -0.903. The molecule has 0 aliphatic rings. The average Bonchev–Trinajstić information content (AvgIpc) is 2.28. The second kappa shape index (κ2) is 8.97. The van der Waals surface area contributed by atoms with Crippen LogP contribution < -0.4 is 0 Å². The predicted molar refractivity (Wildman–Crippen MR) is 74.9 cm³/mol. The number of quaternary nitrogens is 1. The molecule has 0 aliphatic carbocycles. The highest BCUT2D eigenvalue weighted by Crippen LogP contribution is 2.08. The van der Waals surface area contributed by atoms with Crippen LogP contribution in [0.5, 0.6) is 0 Å². The van der Waals surface area contributed by atoms with Crippen molar-refractivity contribution in [3.8, 4) is 0 Å². The van der Waals surface area contributed by atoms with Crippen LogP contribution in [0.25, 0.3) is 0 Å². The van der Waals surface area contributed by atoms with Gasteiger partial charge in [0.2, 0.25) is 0 Å². The summed E-state index contributed by atoms with van der Waals surface area (Å²) in [6.07, 6.45) is 1.75. The van der Waals surface area contributed by atoms with Gasteiger partial charge in [-0.1, -0.05) is 36.4 Å². The molecule has 0 heterocycles. The average molecular weight is 236 g/mol. The van der Waals surface area contributed by atoms with Gasteiger partial charge < -0.3 is 9.22 Å². The summed E-state index contributed by atoms with van der Waals surface area (Å²) in [5, 5.41) is 0. The molecular weight excluding hydrogens is 210 g/mol. The van der Waals surface area contributed by atoms with Crippen molar-refractivity contribution in [2.45, 2.75) is 13.5 Å². The number of rotatable bonds is 5. The molecule has 2 heteroatoms. The fraction of sp³-hybridized carbons (Fsp3) is 0.467. The molecule has 0 amide bonds. The normalized spacial score (nSPS) is 10.4. The van der Waals surface area contributed by atoms with Gasteiger partial charge >= 0.3 is 0 Å². The lowest BCUT2D eigenvalue weighted by Crippen LogP contribution is -2.41. The SMILES string of the molecule is C=CC.COCC[N+](C)(C)Cc1ccccc1. The van der Waals surface area contributed by atoms with Gasteiger partial charge in [0.1, 0.15) is 13.1 Å². The van der Waals surface area contributed by atoms with Crippen LogP contribution >= 0.6 is 0 Å². The van der Waals surface area contributed by atoms with Crippen LogP contribution in [-0.2, 0) is 11.3 Å². The van der Waals surface area contributed by atoms with Gasteiger partial charge in [-0.15, -0.1) is 6.58 Å². The fourth-order valence-corrected chi connectivity index (χ4v) is 1.50. The number of benzene rings is 1. The molecule has 0 bridgehead atoms.